The van der Waals surface area contributed by atoms with Gasteiger partial charge in [-0.3, -0.25) is 0 Å². The fourth-order valence-corrected chi connectivity index (χ4v) is 0.452. The second kappa shape index (κ2) is 3.51. The van der Waals surface area contributed by atoms with Crippen molar-refractivity contribution in [1.29, 1.82) is 0 Å². The van der Waals surface area contributed by atoms with Crippen molar-refractivity contribution in [3.05, 3.63) is 12.8 Å². The Hall–Kier alpha value is -0.500. The summed E-state index contributed by atoms with van der Waals surface area (Å²) in [7, 11) is 1.62. The standard InChI is InChI=1S/C7H14O2/c1-5-7(3,8-4)9-6-2/h6H,2,5H2,1,3-4H3. The molecule has 0 saturated heterocycles. The van der Waals surface area contributed by atoms with Crippen LogP contribution in [-0.2, 0) is 9.47 Å². The van der Waals surface area contributed by atoms with Gasteiger partial charge in [0.2, 0.25) is 5.79 Å². The normalized spacial score (nSPS) is 16.3. The molecule has 0 saturated carbocycles. The van der Waals surface area contributed by atoms with Crippen molar-refractivity contribution in [2.24, 2.45) is 0 Å². The lowest BCUT2D eigenvalue weighted by Gasteiger charge is -2.25. The SMILES string of the molecule is C=COC(C)(CC)OC. The number of ether oxygens (including phenoxy) is 2. The lowest BCUT2D eigenvalue weighted by molar-refractivity contribution is -0.177. The molecule has 0 aromatic carbocycles. The molecule has 0 amide bonds. The predicted octanol–water partition coefficient (Wildman–Crippen LogP) is 1.92. The summed E-state index contributed by atoms with van der Waals surface area (Å²) in [5, 5.41) is 0. The number of hydrogen-bond acceptors (Lipinski definition) is 2. The largest absolute Gasteiger partial charge is 0.471 e. The second-order valence-corrected chi connectivity index (χ2v) is 1.98. The smallest absolute Gasteiger partial charge is 0.206 e. The van der Waals surface area contributed by atoms with Gasteiger partial charge in [-0.15, -0.1) is 0 Å². The van der Waals surface area contributed by atoms with Gasteiger partial charge in [0, 0.05) is 20.5 Å². The number of methoxy groups -OCH3 is 1. The molecule has 2 heteroatoms. The molecule has 0 aromatic rings. The van der Waals surface area contributed by atoms with Crippen LogP contribution in [0.4, 0.5) is 0 Å². The zero-order valence-corrected chi connectivity index (χ0v) is 6.31. The van der Waals surface area contributed by atoms with Crippen LogP contribution in [0.3, 0.4) is 0 Å². The lowest BCUT2D eigenvalue weighted by Crippen LogP contribution is -2.27. The molecular weight excluding hydrogens is 116 g/mol. The fraction of sp³-hybridized carbons (Fsp3) is 0.714. The molecule has 0 bridgehead atoms. The Kier molecular flexibility index (Phi) is 3.32. The minimum atomic E-state index is -0.484. The van der Waals surface area contributed by atoms with Gasteiger partial charge in [0.1, 0.15) is 0 Å². The summed E-state index contributed by atoms with van der Waals surface area (Å²) in [5.74, 6) is -0.484. The van der Waals surface area contributed by atoms with Gasteiger partial charge in [-0.2, -0.15) is 0 Å². The summed E-state index contributed by atoms with van der Waals surface area (Å²) >= 11 is 0. The first-order chi connectivity index (χ1) is 4.18. The molecule has 0 spiro atoms. The van der Waals surface area contributed by atoms with Crippen molar-refractivity contribution in [2.75, 3.05) is 7.11 Å². The molecule has 54 valence electrons. The van der Waals surface area contributed by atoms with Crippen LogP contribution in [0.1, 0.15) is 20.3 Å². The molecule has 0 fully saturated rings. The summed E-state index contributed by atoms with van der Waals surface area (Å²) in [4.78, 5) is 0. The van der Waals surface area contributed by atoms with E-state index in [4.69, 9.17) is 9.47 Å². The maximum Gasteiger partial charge on any atom is 0.206 e. The highest BCUT2D eigenvalue weighted by Crippen LogP contribution is 2.14. The number of rotatable bonds is 4. The summed E-state index contributed by atoms with van der Waals surface area (Å²) in [6.07, 6.45) is 2.21. The maximum absolute atomic E-state index is 5.07. The zero-order valence-electron chi connectivity index (χ0n) is 6.31. The molecule has 0 aromatic heterocycles. The molecule has 0 aliphatic rings. The zero-order chi connectivity index (χ0) is 7.33. The minimum absolute atomic E-state index is 0.484. The van der Waals surface area contributed by atoms with Crippen LogP contribution in [0.5, 0.6) is 0 Å². The summed E-state index contributed by atoms with van der Waals surface area (Å²) in [6, 6.07) is 0. The fourth-order valence-electron chi connectivity index (χ4n) is 0.452. The van der Waals surface area contributed by atoms with Crippen LogP contribution in [0.2, 0.25) is 0 Å². The van der Waals surface area contributed by atoms with Crippen molar-refractivity contribution in [3.63, 3.8) is 0 Å². The van der Waals surface area contributed by atoms with Crippen molar-refractivity contribution < 1.29 is 9.47 Å². The maximum atomic E-state index is 5.07. The molecule has 0 heterocycles. The minimum Gasteiger partial charge on any atom is -0.471 e. The van der Waals surface area contributed by atoms with Crippen LogP contribution in [0.25, 0.3) is 0 Å². The Morgan fingerprint density at radius 1 is 1.67 bits per heavy atom. The molecule has 1 atom stereocenters. The Labute approximate surface area is 56.5 Å². The van der Waals surface area contributed by atoms with Gasteiger partial charge in [-0.1, -0.05) is 13.5 Å². The quantitative estimate of drug-likeness (QED) is 0.427. The van der Waals surface area contributed by atoms with Crippen LogP contribution in [0.15, 0.2) is 12.8 Å². The van der Waals surface area contributed by atoms with Crippen molar-refractivity contribution in [3.8, 4) is 0 Å². The van der Waals surface area contributed by atoms with Gasteiger partial charge in [0.25, 0.3) is 0 Å². The van der Waals surface area contributed by atoms with Crippen LogP contribution >= 0.6 is 0 Å². The average molecular weight is 130 g/mol. The van der Waals surface area contributed by atoms with E-state index in [0.717, 1.165) is 6.42 Å². The number of hydrogen-bond donors (Lipinski definition) is 0. The molecule has 0 rings (SSSR count). The van der Waals surface area contributed by atoms with Gasteiger partial charge < -0.3 is 9.47 Å². The van der Waals surface area contributed by atoms with E-state index < -0.39 is 5.79 Å². The van der Waals surface area contributed by atoms with E-state index in [1.54, 1.807) is 7.11 Å². The van der Waals surface area contributed by atoms with Crippen molar-refractivity contribution in [2.45, 2.75) is 26.1 Å². The first-order valence-electron chi connectivity index (χ1n) is 3.02. The molecule has 1 unspecified atom stereocenters. The molecule has 0 radical (unpaired) electrons. The Morgan fingerprint density at radius 2 is 2.22 bits per heavy atom. The molecule has 0 aliphatic heterocycles. The topological polar surface area (TPSA) is 18.5 Å². The van der Waals surface area contributed by atoms with E-state index in [2.05, 4.69) is 6.58 Å². The monoisotopic (exact) mass is 130 g/mol. The van der Waals surface area contributed by atoms with E-state index in [1.807, 2.05) is 13.8 Å². The average Bonchev–Trinajstić information content (AvgIpc) is 1.89. The van der Waals surface area contributed by atoms with Gasteiger partial charge in [-0.05, 0) is 0 Å². The van der Waals surface area contributed by atoms with Gasteiger partial charge >= 0.3 is 0 Å². The van der Waals surface area contributed by atoms with Crippen molar-refractivity contribution in [1.82, 2.24) is 0 Å². The lowest BCUT2D eigenvalue weighted by atomic mass is 10.2. The van der Waals surface area contributed by atoms with E-state index in [9.17, 15) is 0 Å². The van der Waals surface area contributed by atoms with Gasteiger partial charge in [-0.25, -0.2) is 0 Å². The van der Waals surface area contributed by atoms with Gasteiger partial charge in [0.15, 0.2) is 0 Å². The summed E-state index contributed by atoms with van der Waals surface area (Å²) < 4.78 is 10.1. The predicted molar refractivity (Wildman–Crippen MR) is 37.0 cm³/mol. The van der Waals surface area contributed by atoms with Gasteiger partial charge in [0.05, 0.1) is 6.26 Å². The first-order valence-corrected chi connectivity index (χ1v) is 3.02. The Balaban J connectivity index is 3.75. The Bertz CT molecular complexity index is 84.9. The van der Waals surface area contributed by atoms with E-state index in [0.29, 0.717) is 0 Å². The van der Waals surface area contributed by atoms with Crippen LogP contribution in [-0.4, -0.2) is 12.9 Å². The first kappa shape index (κ1) is 8.50. The summed E-state index contributed by atoms with van der Waals surface area (Å²) in [5.41, 5.74) is 0. The summed E-state index contributed by atoms with van der Waals surface area (Å²) in [6.45, 7) is 7.30. The molecule has 2 nitrogen and oxygen atoms in total. The highest BCUT2D eigenvalue weighted by Gasteiger charge is 2.19. The third kappa shape index (κ3) is 2.51. The van der Waals surface area contributed by atoms with Crippen LogP contribution < -0.4 is 0 Å². The highest BCUT2D eigenvalue weighted by atomic mass is 16.7. The highest BCUT2D eigenvalue weighted by molar-refractivity contribution is 4.63. The van der Waals surface area contributed by atoms with E-state index in [-0.39, 0.29) is 0 Å². The molecule has 0 N–H and O–H groups in total. The molecule has 0 aliphatic carbocycles. The van der Waals surface area contributed by atoms with E-state index in [1.165, 1.54) is 6.26 Å². The molecule has 9 heavy (non-hydrogen) atoms. The van der Waals surface area contributed by atoms with E-state index >= 15 is 0 Å². The Morgan fingerprint density at radius 3 is 2.33 bits per heavy atom. The second-order valence-electron chi connectivity index (χ2n) is 1.98. The molecular formula is C7H14O2. The van der Waals surface area contributed by atoms with Crippen molar-refractivity contribution >= 4 is 0 Å². The third-order valence-electron chi connectivity index (χ3n) is 1.41. The third-order valence-corrected chi connectivity index (χ3v) is 1.41. The van der Waals surface area contributed by atoms with Crippen LogP contribution in [0, 0.1) is 0 Å².